The van der Waals surface area contributed by atoms with Crippen LogP contribution in [0.2, 0.25) is 0 Å². The maximum absolute atomic E-state index is 14.1. The quantitative estimate of drug-likeness (QED) is 0.276. The molecule has 0 aromatic rings. The molecule has 0 aromatic carbocycles. The smallest absolute Gasteiger partial charge is 0.173 e. The van der Waals surface area contributed by atoms with Crippen molar-refractivity contribution < 1.29 is 28.6 Å². The highest BCUT2D eigenvalue weighted by atomic mass is 19.1. The fourth-order valence-electron chi connectivity index (χ4n) is 12.8. The molecule has 8 aliphatic rings. The van der Waals surface area contributed by atoms with Gasteiger partial charge in [0.1, 0.15) is 0 Å². The summed E-state index contributed by atoms with van der Waals surface area (Å²) in [6.45, 7) is 8.68. The van der Waals surface area contributed by atoms with Crippen molar-refractivity contribution in [1.29, 1.82) is 0 Å². The molecule has 14 atom stereocenters. The second-order valence-electron chi connectivity index (χ2n) is 17.3. The lowest BCUT2D eigenvalue weighted by atomic mass is 9.47. The predicted molar refractivity (Wildman–Crippen MR) is 166 cm³/mol. The number of halogens is 2. The van der Waals surface area contributed by atoms with Crippen LogP contribution in [0.1, 0.15) is 118 Å². The minimum atomic E-state index is -1.31. The summed E-state index contributed by atoms with van der Waals surface area (Å²) >= 11 is 0. The molecule has 4 nitrogen and oxygen atoms in total. The van der Waals surface area contributed by atoms with Crippen LogP contribution in [0.4, 0.5) is 8.78 Å². The second-order valence-corrected chi connectivity index (χ2v) is 17.3. The van der Waals surface area contributed by atoms with Gasteiger partial charge in [0.2, 0.25) is 0 Å². The van der Waals surface area contributed by atoms with Crippen LogP contribution in [0.3, 0.4) is 0 Å². The zero-order valence-corrected chi connectivity index (χ0v) is 27.3. The number of carbonyl (C=O) groups excluding carboxylic acids is 2. The number of allylic oxidation sites excluding steroid dienone is 2. The Morgan fingerprint density at radius 2 is 1.30 bits per heavy atom. The first kappa shape index (κ1) is 31.2. The van der Waals surface area contributed by atoms with Gasteiger partial charge < -0.3 is 10.2 Å². The normalized spacial score (nSPS) is 54.3. The van der Waals surface area contributed by atoms with Gasteiger partial charge >= 0.3 is 0 Å². The molecule has 6 fully saturated rings. The van der Waals surface area contributed by atoms with Crippen LogP contribution >= 0.6 is 0 Å². The highest BCUT2D eigenvalue weighted by Crippen LogP contribution is 2.65. The minimum absolute atomic E-state index is 0.0142. The Kier molecular flexibility index (Phi) is 7.49. The molecule has 244 valence electrons. The number of ketones is 2. The molecule has 44 heavy (non-hydrogen) atoms. The summed E-state index contributed by atoms with van der Waals surface area (Å²) in [7, 11) is 0. The number of alkyl halides is 2. The number of rotatable bonds is 0. The fraction of sp³-hybridized carbons (Fsp3) is 0.842. The topological polar surface area (TPSA) is 74.6 Å². The van der Waals surface area contributed by atoms with Gasteiger partial charge in [0.15, 0.2) is 23.9 Å². The van der Waals surface area contributed by atoms with Crippen LogP contribution in [0.15, 0.2) is 23.3 Å². The third-order valence-corrected chi connectivity index (χ3v) is 15.5. The van der Waals surface area contributed by atoms with E-state index >= 15 is 0 Å². The van der Waals surface area contributed by atoms with Crippen molar-refractivity contribution in [2.45, 2.75) is 142 Å². The third-order valence-electron chi connectivity index (χ3n) is 15.5. The van der Waals surface area contributed by atoms with E-state index in [1.807, 2.05) is 13.8 Å². The summed E-state index contributed by atoms with van der Waals surface area (Å²) < 4.78 is 28.2. The lowest BCUT2D eigenvalue weighted by Crippen LogP contribution is -2.54. The van der Waals surface area contributed by atoms with Gasteiger partial charge in [0, 0.05) is 10.8 Å². The Hall–Kier alpha value is -1.40. The van der Waals surface area contributed by atoms with Crippen LogP contribution in [0.5, 0.6) is 0 Å². The fourth-order valence-corrected chi connectivity index (χ4v) is 12.8. The highest BCUT2D eigenvalue weighted by molar-refractivity contribution is 5.92. The third kappa shape index (κ3) is 4.31. The lowest BCUT2D eigenvalue weighted by molar-refractivity contribution is -0.137. The molecular weight excluding hydrogens is 558 g/mol. The van der Waals surface area contributed by atoms with Crippen LogP contribution < -0.4 is 0 Å². The van der Waals surface area contributed by atoms with E-state index in [1.54, 1.807) is 0 Å². The van der Waals surface area contributed by atoms with Gasteiger partial charge in [0.05, 0.1) is 12.2 Å². The molecule has 6 heteroatoms. The number of fused-ring (bicyclic) bond motifs is 10. The summed E-state index contributed by atoms with van der Waals surface area (Å²) in [6, 6.07) is 0. The summed E-state index contributed by atoms with van der Waals surface area (Å²) in [6.07, 6.45) is 14.0. The summed E-state index contributed by atoms with van der Waals surface area (Å²) in [5.41, 5.74) is 2.23. The maximum Gasteiger partial charge on any atom is 0.173 e. The van der Waals surface area contributed by atoms with E-state index in [4.69, 9.17) is 0 Å². The molecule has 8 aliphatic carbocycles. The van der Waals surface area contributed by atoms with Crippen LogP contribution in [-0.2, 0) is 9.59 Å². The molecular formula is C38H54F2O4. The largest absolute Gasteiger partial charge is 0.393 e. The van der Waals surface area contributed by atoms with Gasteiger partial charge in [0.25, 0.3) is 0 Å². The van der Waals surface area contributed by atoms with Gasteiger partial charge in [-0.15, -0.1) is 0 Å². The SMILES string of the molecule is C[C@]12CCCCC1=C[C@@H](O)[C@@H]1[C@@H]2CC[C@]2(C)C(=O)[C@H](F)C[C@@H]12.C[C@]12CC[C@H](O)CC1=CC[C@@H]1[C@@H]2CC[C@]2(C)C(=O)[C@H](F)C[C@@H]12. The standard InChI is InChI=1S/2C19H27FO2/c1-18-7-5-12(21)9-11(18)3-4-13-14(18)6-8-19(2)15(13)10-16(20)17(19)22;1-18-7-4-3-5-11(18)9-15(21)16-12(18)6-8-19(2)13(16)10-14(20)17(19)22/h3,12-16,21H,4-10H2,1-2H3;9,12-16,21H,3-8,10H2,1-2H3/t12-,13+,14-,15-,16+,18-,19-;12-,13-,14+,15+,16+,18-,19-/m00/s1. The molecule has 0 amide bonds. The van der Waals surface area contributed by atoms with Gasteiger partial charge in [-0.3, -0.25) is 9.59 Å². The first-order chi connectivity index (χ1) is 20.7. The Labute approximate surface area is 262 Å². The Morgan fingerprint density at radius 3 is 2.00 bits per heavy atom. The zero-order chi connectivity index (χ0) is 31.4. The molecule has 0 spiro atoms. The van der Waals surface area contributed by atoms with Crippen LogP contribution in [0.25, 0.3) is 0 Å². The maximum atomic E-state index is 14.1. The average molecular weight is 613 g/mol. The predicted octanol–water partition coefficient (Wildman–Crippen LogP) is 7.65. The van der Waals surface area contributed by atoms with Gasteiger partial charge in [-0.2, -0.15) is 0 Å². The molecule has 0 unspecified atom stereocenters. The van der Waals surface area contributed by atoms with Crippen LogP contribution in [0, 0.1) is 57.2 Å². The van der Waals surface area contributed by atoms with Gasteiger partial charge in [-0.25, -0.2) is 8.78 Å². The molecule has 6 saturated carbocycles. The molecule has 0 aliphatic heterocycles. The number of hydrogen-bond donors (Lipinski definition) is 2. The number of aliphatic hydroxyl groups excluding tert-OH is 2. The monoisotopic (exact) mass is 612 g/mol. The van der Waals surface area contributed by atoms with Crippen LogP contribution in [-0.4, -0.2) is 46.3 Å². The Bertz CT molecular complexity index is 1280. The highest BCUT2D eigenvalue weighted by Gasteiger charge is 2.63. The number of aliphatic hydroxyl groups is 2. The summed E-state index contributed by atoms with van der Waals surface area (Å²) in [4.78, 5) is 24.7. The van der Waals surface area contributed by atoms with Crippen molar-refractivity contribution >= 4 is 11.6 Å². The molecule has 0 saturated heterocycles. The van der Waals surface area contributed by atoms with E-state index < -0.39 is 29.3 Å². The van der Waals surface area contributed by atoms with E-state index in [-0.39, 0.29) is 46.3 Å². The van der Waals surface area contributed by atoms with Crippen molar-refractivity contribution in [2.24, 2.45) is 57.2 Å². The Balaban J connectivity index is 0.000000142. The van der Waals surface area contributed by atoms with Crippen molar-refractivity contribution in [2.75, 3.05) is 0 Å². The molecule has 0 aromatic heterocycles. The summed E-state index contributed by atoms with van der Waals surface area (Å²) in [5.74, 6) is 1.40. The zero-order valence-electron chi connectivity index (χ0n) is 27.3. The van der Waals surface area contributed by atoms with E-state index in [1.165, 1.54) is 30.4 Å². The van der Waals surface area contributed by atoms with Crippen molar-refractivity contribution in [3.8, 4) is 0 Å². The summed E-state index contributed by atoms with van der Waals surface area (Å²) in [5, 5.41) is 20.8. The molecule has 8 rings (SSSR count). The first-order valence-corrected chi connectivity index (χ1v) is 17.9. The number of Topliss-reactive ketones (excluding diaryl/α,β-unsaturated/α-hetero) is 2. The molecule has 0 heterocycles. The van der Waals surface area contributed by atoms with E-state index in [9.17, 15) is 28.6 Å². The molecule has 0 radical (unpaired) electrons. The van der Waals surface area contributed by atoms with E-state index in [0.29, 0.717) is 30.6 Å². The van der Waals surface area contributed by atoms with Crippen molar-refractivity contribution in [3.05, 3.63) is 23.3 Å². The lowest BCUT2D eigenvalue weighted by Gasteiger charge is -2.57. The molecule has 2 N–H and O–H groups in total. The van der Waals surface area contributed by atoms with Crippen molar-refractivity contribution in [1.82, 2.24) is 0 Å². The number of carbonyl (C=O) groups is 2. The van der Waals surface area contributed by atoms with Crippen molar-refractivity contribution in [3.63, 3.8) is 0 Å². The average Bonchev–Trinajstić information content (AvgIpc) is 3.37. The minimum Gasteiger partial charge on any atom is -0.393 e. The van der Waals surface area contributed by atoms with Gasteiger partial charge in [-0.05, 0) is 130 Å². The van der Waals surface area contributed by atoms with E-state index in [2.05, 4.69) is 26.0 Å². The second kappa shape index (κ2) is 10.6. The number of hydrogen-bond acceptors (Lipinski definition) is 4. The van der Waals surface area contributed by atoms with Gasteiger partial charge in [-0.1, -0.05) is 57.4 Å². The first-order valence-electron chi connectivity index (χ1n) is 17.9. The Morgan fingerprint density at radius 1 is 0.705 bits per heavy atom. The van der Waals surface area contributed by atoms with E-state index in [0.717, 1.165) is 57.8 Å². The molecule has 0 bridgehead atoms.